The number of hydrogen-bond donors (Lipinski definition) is 0. The fourth-order valence-electron chi connectivity index (χ4n) is 2.47. The lowest BCUT2D eigenvalue weighted by Gasteiger charge is -2.33. The van der Waals surface area contributed by atoms with E-state index in [0.29, 0.717) is 30.5 Å². The number of halogens is 2. The number of nitrogens with zero attached hydrogens (tertiary/aromatic N) is 3. The topological polar surface area (TPSA) is 68.5 Å². The molecule has 1 aliphatic rings. The van der Waals surface area contributed by atoms with E-state index in [4.69, 9.17) is 20.8 Å². The summed E-state index contributed by atoms with van der Waals surface area (Å²) in [5, 5.41) is 7.83. The minimum absolute atomic E-state index is 0.0741. The number of hydrogen-bond acceptors (Lipinski definition) is 5. The van der Waals surface area contributed by atoms with E-state index in [9.17, 15) is 9.18 Å². The third kappa shape index (κ3) is 3.07. The van der Waals surface area contributed by atoms with Crippen molar-refractivity contribution in [2.75, 3.05) is 19.8 Å². The van der Waals surface area contributed by atoms with Crippen LogP contribution in [0.4, 0.5) is 4.39 Å². The van der Waals surface area contributed by atoms with Crippen LogP contribution in [0.2, 0.25) is 5.02 Å². The molecule has 1 atom stereocenters. The predicted molar refractivity (Wildman–Crippen MR) is 79.8 cm³/mol. The Bertz CT molecular complexity index is 750. The number of benzene rings is 1. The van der Waals surface area contributed by atoms with Gasteiger partial charge in [-0.05, 0) is 24.6 Å². The second-order valence-electron chi connectivity index (χ2n) is 5.33. The zero-order valence-corrected chi connectivity index (χ0v) is 13.4. The molecule has 1 fully saturated rings. The van der Waals surface area contributed by atoms with Crippen LogP contribution in [-0.4, -0.2) is 40.8 Å². The van der Waals surface area contributed by atoms with Crippen LogP contribution in [0.1, 0.15) is 33.7 Å². The van der Waals surface area contributed by atoms with Crippen LogP contribution in [0.25, 0.3) is 0 Å². The zero-order valence-electron chi connectivity index (χ0n) is 12.7. The highest BCUT2D eigenvalue weighted by Gasteiger charge is 2.34. The number of ether oxygens (including phenoxy) is 1. The highest BCUT2D eigenvalue weighted by Crippen LogP contribution is 2.28. The molecule has 0 unspecified atom stereocenters. The summed E-state index contributed by atoms with van der Waals surface area (Å²) in [6, 6.07) is 2.11. The van der Waals surface area contributed by atoms with Crippen molar-refractivity contribution in [3.8, 4) is 0 Å². The lowest BCUT2D eigenvalue weighted by molar-refractivity contribution is -0.0106. The third-order valence-corrected chi connectivity index (χ3v) is 4.01. The Labute approximate surface area is 137 Å². The minimum atomic E-state index is -0.487. The number of amides is 1. The lowest BCUT2D eigenvalue weighted by atomic mass is 10.1. The molecule has 23 heavy (non-hydrogen) atoms. The minimum Gasteiger partial charge on any atom is -0.423 e. The van der Waals surface area contributed by atoms with Gasteiger partial charge in [0.05, 0.1) is 23.8 Å². The molecular weight excluding hydrogens is 325 g/mol. The van der Waals surface area contributed by atoms with Crippen molar-refractivity contribution in [1.29, 1.82) is 0 Å². The van der Waals surface area contributed by atoms with Crippen molar-refractivity contribution in [2.24, 2.45) is 0 Å². The second-order valence-corrected chi connectivity index (χ2v) is 5.74. The van der Waals surface area contributed by atoms with Crippen molar-refractivity contribution in [2.45, 2.75) is 19.9 Å². The number of aryl methyl sites for hydroxylation is 2. The van der Waals surface area contributed by atoms with Crippen LogP contribution < -0.4 is 0 Å². The maximum absolute atomic E-state index is 13.5. The van der Waals surface area contributed by atoms with Crippen LogP contribution in [0.3, 0.4) is 0 Å². The molecule has 1 aromatic heterocycles. The molecule has 2 aromatic rings. The molecule has 8 heteroatoms. The summed E-state index contributed by atoms with van der Waals surface area (Å²) in [5.74, 6) is -0.0426. The summed E-state index contributed by atoms with van der Waals surface area (Å²) in [5.41, 5.74) is 0.602. The van der Waals surface area contributed by atoms with E-state index in [2.05, 4.69) is 10.2 Å². The summed E-state index contributed by atoms with van der Waals surface area (Å²) >= 11 is 6.04. The van der Waals surface area contributed by atoms with Gasteiger partial charge >= 0.3 is 0 Å². The summed E-state index contributed by atoms with van der Waals surface area (Å²) in [6.07, 6.45) is 0. The van der Waals surface area contributed by atoms with E-state index in [1.807, 2.05) is 0 Å². The summed E-state index contributed by atoms with van der Waals surface area (Å²) in [7, 11) is 0. The molecule has 1 saturated heterocycles. The van der Waals surface area contributed by atoms with Crippen LogP contribution in [0, 0.1) is 19.7 Å². The Morgan fingerprint density at radius 3 is 2.87 bits per heavy atom. The Hall–Kier alpha value is -1.99. The van der Waals surface area contributed by atoms with Crippen molar-refractivity contribution in [3.63, 3.8) is 0 Å². The quantitative estimate of drug-likeness (QED) is 0.841. The fraction of sp³-hybridized carbons (Fsp3) is 0.400. The number of rotatable bonds is 2. The van der Waals surface area contributed by atoms with Gasteiger partial charge in [0, 0.05) is 13.5 Å². The molecule has 122 valence electrons. The van der Waals surface area contributed by atoms with E-state index in [1.54, 1.807) is 18.7 Å². The third-order valence-electron chi connectivity index (χ3n) is 3.69. The molecule has 0 N–H and O–H groups in total. The highest BCUT2D eigenvalue weighted by atomic mass is 35.5. The van der Waals surface area contributed by atoms with E-state index in [1.165, 1.54) is 6.07 Å². The van der Waals surface area contributed by atoms with E-state index >= 15 is 0 Å². The first-order valence-corrected chi connectivity index (χ1v) is 7.49. The largest absolute Gasteiger partial charge is 0.423 e. The van der Waals surface area contributed by atoms with Gasteiger partial charge in [0.2, 0.25) is 11.8 Å². The van der Waals surface area contributed by atoms with Crippen LogP contribution in [0.15, 0.2) is 16.5 Å². The fourth-order valence-corrected chi connectivity index (χ4v) is 2.70. The first-order valence-electron chi connectivity index (χ1n) is 7.11. The van der Waals surface area contributed by atoms with Gasteiger partial charge < -0.3 is 14.1 Å². The molecule has 0 saturated carbocycles. The molecule has 0 bridgehead atoms. The number of carbonyl (C=O) groups is 1. The average molecular weight is 340 g/mol. The van der Waals surface area contributed by atoms with Gasteiger partial charge in [-0.2, -0.15) is 0 Å². The molecule has 2 heterocycles. The van der Waals surface area contributed by atoms with Crippen LogP contribution >= 0.6 is 11.6 Å². The summed E-state index contributed by atoms with van der Waals surface area (Å²) in [4.78, 5) is 14.4. The smallest absolute Gasteiger partial charge is 0.256 e. The standard InChI is InChI=1S/C15H15ClFN3O3/c1-8-5-10(11(16)6-12(8)17)15(21)20-3-4-22-7-13(20)14-19-18-9(2)23-14/h5-6,13H,3-4,7H2,1-2H3/t13-/m0/s1. The molecule has 1 amide bonds. The van der Waals surface area contributed by atoms with Crippen molar-refractivity contribution >= 4 is 17.5 Å². The first-order chi connectivity index (χ1) is 11.0. The van der Waals surface area contributed by atoms with Crippen LogP contribution in [0.5, 0.6) is 0 Å². The second kappa shape index (κ2) is 6.25. The van der Waals surface area contributed by atoms with Gasteiger partial charge in [0.25, 0.3) is 5.91 Å². The van der Waals surface area contributed by atoms with Crippen molar-refractivity contribution in [1.82, 2.24) is 15.1 Å². The van der Waals surface area contributed by atoms with Gasteiger partial charge in [0.15, 0.2) is 0 Å². The molecule has 1 aromatic carbocycles. The molecule has 0 aliphatic carbocycles. The Balaban J connectivity index is 1.94. The number of carbonyl (C=O) groups excluding carboxylic acids is 1. The monoisotopic (exact) mass is 339 g/mol. The Morgan fingerprint density at radius 1 is 1.39 bits per heavy atom. The molecule has 1 aliphatic heterocycles. The SMILES string of the molecule is Cc1nnc([C@@H]2COCCN2C(=O)c2cc(C)c(F)cc2Cl)o1. The van der Waals surface area contributed by atoms with Gasteiger partial charge in [-0.3, -0.25) is 4.79 Å². The lowest BCUT2D eigenvalue weighted by Crippen LogP contribution is -2.43. The van der Waals surface area contributed by atoms with E-state index < -0.39 is 11.9 Å². The van der Waals surface area contributed by atoms with Crippen molar-refractivity contribution in [3.05, 3.63) is 45.9 Å². The molecule has 3 rings (SSSR count). The number of aromatic nitrogens is 2. The van der Waals surface area contributed by atoms with Crippen LogP contribution in [-0.2, 0) is 4.74 Å². The van der Waals surface area contributed by atoms with E-state index in [-0.39, 0.29) is 23.1 Å². The highest BCUT2D eigenvalue weighted by molar-refractivity contribution is 6.33. The predicted octanol–water partition coefficient (Wildman–Crippen LogP) is 2.69. The first kappa shape index (κ1) is 15.9. The maximum atomic E-state index is 13.5. The molecule has 0 radical (unpaired) electrons. The summed E-state index contributed by atoms with van der Waals surface area (Å²) in [6.45, 7) is 4.27. The van der Waals surface area contributed by atoms with Crippen molar-refractivity contribution < 1.29 is 18.3 Å². The Kier molecular flexibility index (Phi) is 4.32. The zero-order chi connectivity index (χ0) is 16.6. The number of morpholine rings is 1. The van der Waals surface area contributed by atoms with Gasteiger partial charge in [-0.1, -0.05) is 11.6 Å². The Morgan fingerprint density at radius 2 is 2.17 bits per heavy atom. The maximum Gasteiger partial charge on any atom is 0.256 e. The average Bonchev–Trinajstić information content (AvgIpc) is 2.96. The molecule has 0 spiro atoms. The van der Waals surface area contributed by atoms with Gasteiger partial charge in [0.1, 0.15) is 11.9 Å². The normalized spacial score (nSPS) is 18.3. The van der Waals surface area contributed by atoms with Gasteiger partial charge in [-0.15, -0.1) is 10.2 Å². The molecular formula is C15H15ClFN3O3. The van der Waals surface area contributed by atoms with Gasteiger partial charge in [-0.25, -0.2) is 4.39 Å². The summed E-state index contributed by atoms with van der Waals surface area (Å²) < 4.78 is 24.4. The molecule has 6 nitrogen and oxygen atoms in total. The van der Waals surface area contributed by atoms with E-state index in [0.717, 1.165) is 6.07 Å².